The van der Waals surface area contributed by atoms with Crippen LogP contribution >= 0.6 is 0 Å². The lowest BCUT2D eigenvalue weighted by atomic mass is 9.77. The van der Waals surface area contributed by atoms with Gasteiger partial charge in [-0.2, -0.15) is 0 Å². The zero-order valence-electron chi connectivity index (χ0n) is 11.3. The van der Waals surface area contributed by atoms with Crippen LogP contribution in [0.2, 0.25) is 0 Å². The molecule has 0 aromatic heterocycles. The summed E-state index contributed by atoms with van der Waals surface area (Å²) in [6.45, 7) is 2.07. The van der Waals surface area contributed by atoms with E-state index in [1.165, 1.54) is 32.1 Å². The predicted octanol–water partition coefficient (Wildman–Crippen LogP) is 1.18. The lowest BCUT2D eigenvalue weighted by Gasteiger charge is -2.40. The first-order valence-electron chi connectivity index (χ1n) is 7.38. The van der Waals surface area contributed by atoms with E-state index in [1.807, 2.05) is 6.92 Å². The van der Waals surface area contributed by atoms with Crippen molar-refractivity contribution in [3.63, 3.8) is 0 Å². The summed E-state index contributed by atoms with van der Waals surface area (Å²) in [5.74, 6) is 0.901. The summed E-state index contributed by atoms with van der Waals surface area (Å²) in [7, 11) is 0. The minimum atomic E-state index is -0.0227. The van der Waals surface area contributed by atoms with Crippen molar-refractivity contribution in [1.29, 1.82) is 0 Å². The smallest absolute Gasteiger partial charge is 0.237 e. The molecule has 1 aliphatic carbocycles. The first-order chi connectivity index (χ1) is 8.70. The van der Waals surface area contributed by atoms with E-state index in [-0.39, 0.29) is 24.6 Å². The van der Waals surface area contributed by atoms with Crippen LogP contribution in [0.4, 0.5) is 0 Å². The Morgan fingerprint density at radius 2 is 2.11 bits per heavy atom. The van der Waals surface area contributed by atoms with Crippen molar-refractivity contribution in [2.45, 2.75) is 70.0 Å². The third kappa shape index (κ3) is 3.45. The largest absolute Gasteiger partial charge is 0.396 e. The van der Waals surface area contributed by atoms with Crippen molar-refractivity contribution in [3.05, 3.63) is 0 Å². The number of nitrogens with one attached hydrogen (secondary N) is 2. The van der Waals surface area contributed by atoms with E-state index in [0.29, 0.717) is 12.5 Å². The van der Waals surface area contributed by atoms with E-state index in [0.717, 1.165) is 12.3 Å². The van der Waals surface area contributed by atoms with Crippen LogP contribution in [0.5, 0.6) is 0 Å². The maximum absolute atomic E-state index is 12.1. The molecule has 0 aromatic rings. The van der Waals surface area contributed by atoms with Gasteiger partial charge < -0.3 is 15.7 Å². The zero-order valence-corrected chi connectivity index (χ0v) is 11.3. The molecule has 2 rings (SSSR count). The van der Waals surface area contributed by atoms with Gasteiger partial charge in [0.2, 0.25) is 5.91 Å². The molecule has 1 aliphatic heterocycles. The quantitative estimate of drug-likeness (QED) is 0.706. The Morgan fingerprint density at radius 1 is 1.33 bits per heavy atom. The molecule has 18 heavy (non-hydrogen) atoms. The molecule has 4 nitrogen and oxygen atoms in total. The van der Waals surface area contributed by atoms with Crippen LogP contribution in [0.15, 0.2) is 0 Å². The van der Waals surface area contributed by atoms with Gasteiger partial charge in [-0.05, 0) is 44.9 Å². The number of rotatable bonds is 4. The summed E-state index contributed by atoms with van der Waals surface area (Å²) in [5, 5.41) is 15.4. The molecule has 1 saturated heterocycles. The molecule has 2 aliphatic rings. The van der Waals surface area contributed by atoms with Gasteiger partial charge in [0, 0.05) is 18.7 Å². The fourth-order valence-corrected chi connectivity index (χ4v) is 3.31. The number of hydrogen-bond donors (Lipinski definition) is 3. The SMILES string of the molecule is CC(CCO)NC(=O)C1CCC2CCCCC2N1. The number of carbonyl (C=O) groups excluding carboxylic acids is 1. The normalized spacial score (nSPS) is 33.6. The van der Waals surface area contributed by atoms with Gasteiger partial charge in [0.05, 0.1) is 6.04 Å². The van der Waals surface area contributed by atoms with Crippen molar-refractivity contribution in [2.24, 2.45) is 5.92 Å². The van der Waals surface area contributed by atoms with Crippen LogP contribution in [0.3, 0.4) is 0 Å². The summed E-state index contributed by atoms with van der Waals surface area (Å²) in [6.07, 6.45) is 7.97. The average molecular weight is 254 g/mol. The third-order valence-corrected chi connectivity index (χ3v) is 4.42. The van der Waals surface area contributed by atoms with E-state index >= 15 is 0 Å². The van der Waals surface area contributed by atoms with Gasteiger partial charge in [0.25, 0.3) is 0 Å². The first-order valence-corrected chi connectivity index (χ1v) is 7.38. The Balaban J connectivity index is 1.81. The van der Waals surface area contributed by atoms with Gasteiger partial charge in [-0.25, -0.2) is 0 Å². The van der Waals surface area contributed by atoms with Crippen molar-refractivity contribution < 1.29 is 9.90 Å². The standard InChI is InChI=1S/C14H26N2O2/c1-10(8-9-17)15-14(18)13-7-6-11-4-2-3-5-12(11)16-13/h10-13,16-17H,2-9H2,1H3,(H,15,18). The van der Waals surface area contributed by atoms with E-state index in [2.05, 4.69) is 10.6 Å². The molecular formula is C14H26N2O2. The lowest BCUT2D eigenvalue weighted by molar-refractivity contribution is -0.125. The fraction of sp³-hybridized carbons (Fsp3) is 0.929. The number of aliphatic hydroxyl groups excluding tert-OH is 1. The molecule has 4 unspecified atom stereocenters. The van der Waals surface area contributed by atoms with Crippen molar-refractivity contribution in [3.8, 4) is 0 Å². The molecular weight excluding hydrogens is 228 g/mol. The van der Waals surface area contributed by atoms with Gasteiger partial charge in [0.1, 0.15) is 0 Å². The van der Waals surface area contributed by atoms with E-state index in [1.54, 1.807) is 0 Å². The highest BCUT2D eigenvalue weighted by molar-refractivity contribution is 5.82. The maximum atomic E-state index is 12.1. The molecule has 2 fully saturated rings. The van der Waals surface area contributed by atoms with Crippen LogP contribution in [0, 0.1) is 5.92 Å². The Hall–Kier alpha value is -0.610. The highest BCUT2D eigenvalue weighted by Crippen LogP contribution is 2.32. The monoisotopic (exact) mass is 254 g/mol. The Bertz CT molecular complexity index is 283. The zero-order chi connectivity index (χ0) is 13.0. The predicted molar refractivity (Wildman–Crippen MR) is 71.2 cm³/mol. The molecule has 1 heterocycles. The number of carbonyl (C=O) groups is 1. The molecule has 1 saturated carbocycles. The Morgan fingerprint density at radius 3 is 2.89 bits per heavy atom. The minimum Gasteiger partial charge on any atom is -0.396 e. The summed E-state index contributed by atoms with van der Waals surface area (Å²) >= 11 is 0. The van der Waals surface area contributed by atoms with Crippen LogP contribution < -0.4 is 10.6 Å². The van der Waals surface area contributed by atoms with E-state index < -0.39 is 0 Å². The topological polar surface area (TPSA) is 61.4 Å². The lowest BCUT2D eigenvalue weighted by Crippen LogP contribution is -2.56. The van der Waals surface area contributed by atoms with Gasteiger partial charge in [-0.15, -0.1) is 0 Å². The second-order valence-electron chi connectivity index (χ2n) is 5.87. The Labute approximate surface area is 110 Å². The number of fused-ring (bicyclic) bond motifs is 1. The van der Waals surface area contributed by atoms with Gasteiger partial charge in [0.15, 0.2) is 0 Å². The molecule has 0 bridgehead atoms. The molecule has 1 amide bonds. The fourth-order valence-electron chi connectivity index (χ4n) is 3.31. The van der Waals surface area contributed by atoms with Gasteiger partial charge in [-0.3, -0.25) is 4.79 Å². The van der Waals surface area contributed by atoms with Gasteiger partial charge in [-0.1, -0.05) is 12.8 Å². The van der Waals surface area contributed by atoms with Crippen LogP contribution in [0.1, 0.15) is 51.9 Å². The van der Waals surface area contributed by atoms with E-state index in [4.69, 9.17) is 5.11 Å². The summed E-state index contributed by atoms with van der Waals surface area (Å²) in [5.41, 5.74) is 0. The number of aliphatic hydroxyl groups is 1. The molecule has 0 spiro atoms. The van der Waals surface area contributed by atoms with Crippen molar-refractivity contribution in [1.82, 2.24) is 10.6 Å². The number of amides is 1. The highest BCUT2D eigenvalue weighted by Gasteiger charge is 2.34. The number of hydrogen-bond acceptors (Lipinski definition) is 3. The molecule has 104 valence electrons. The summed E-state index contributed by atoms with van der Waals surface area (Å²) < 4.78 is 0. The van der Waals surface area contributed by atoms with Crippen LogP contribution in [-0.2, 0) is 4.79 Å². The highest BCUT2D eigenvalue weighted by atomic mass is 16.3. The van der Waals surface area contributed by atoms with Crippen molar-refractivity contribution in [2.75, 3.05) is 6.61 Å². The molecule has 0 aromatic carbocycles. The number of piperidine rings is 1. The Kier molecular flexibility index (Phi) is 5.01. The third-order valence-electron chi connectivity index (χ3n) is 4.42. The molecule has 0 radical (unpaired) electrons. The minimum absolute atomic E-state index is 0.0227. The van der Waals surface area contributed by atoms with Crippen molar-refractivity contribution >= 4 is 5.91 Å². The second-order valence-corrected chi connectivity index (χ2v) is 5.87. The van der Waals surface area contributed by atoms with Gasteiger partial charge >= 0.3 is 0 Å². The molecule has 4 atom stereocenters. The van der Waals surface area contributed by atoms with Crippen LogP contribution in [0.25, 0.3) is 0 Å². The van der Waals surface area contributed by atoms with E-state index in [9.17, 15) is 4.79 Å². The second kappa shape index (κ2) is 6.53. The first kappa shape index (κ1) is 13.8. The summed E-state index contributed by atoms with van der Waals surface area (Å²) in [6, 6.07) is 0.593. The summed E-state index contributed by atoms with van der Waals surface area (Å²) in [4.78, 5) is 12.1. The maximum Gasteiger partial charge on any atom is 0.237 e. The average Bonchev–Trinajstić information content (AvgIpc) is 2.38. The molecule has 3 N–H and O–H groups in total. The van der Waals surface area contributed by atoms with Crippen LogP contribution in [-0.4, -0.2) is 35.7 Å². The molecule has 4 heteroatoms.